The van der Waals surface area contributed by atoms with Gasteiger partial charge < -0.3 is 14.8 Å². The topological polar surface area (TPSA) is 37.3 Å². The molecule has 2 fully saturated rings. The quantitative estimate of drug-likeness (QED) is 0.901. The fraction of sp³-hybridized carbons (Fsp3) is 0.643. The first-order chi connectivity index (χ1) is 9.11. The number of rotatable bonds is 2. The Labute approximate surface area is 122 Å². The van der Waals surface area contributed by atoms with Crippen LogP contribution in [0.25, 0.3) is 0 Å². The molecule has 3 unspecified atom stereocenters. The molecule has 0 saturated carbocycles. The van der Waals surface area contributed by atoms with Crippen molar-refractivity contribution < 1.29 is 4.79 Å². The van der Waals surface area contributed by atoms with E-state index in [4.69, 9.17) is 0 Å². The average Bonchev–Trinajstić information content (AvgIpc) is 3.01. The van der Waals surface area contributed by atoms with Crippen molar-refractivity contribution in [2.24, 2.45) is 18.9 Å². The van der Waals surface area contributed by atoms with Crippen molar-refractivity contribution in [3.05, 3.63) is 22.4 Å². The number of nitrogens with one attached hydrogen (secondary N) is 1. The second-order valence-electron chi connectivity index (χ2n) is 5.67. The molecule has 4 nitrogen and oxygen atoms in total. The molecule has 1 aromatic heterocycles. The number of carbonyl (C=O) groups is 1. The summed E-state index contributed by atoms with van der Waals surface area (Å²) in [5.41, 5.74) is 0.776. The number of aromatic nitrogens is 1. The number of fused-ring (bicyclic) bond motifs is 1. The highest BCUT2D eigenvalue weighted by atomic mass is 79.9. The van der Waals surface area contributed by atoms with Crippen molar-refractivity contribution in [2.45, 2.75) is 19.4 Å². The first-order valence-electron chi connectivity index (χ1n) is 6.95. The van der Waals surface area contributed by atoms with Crippen molar-refractivity contribution in [3.63, 3.8) is 0 Å². The third-order valence-corrected chi connectivity index (χ3v) is 5.02. The van der Waals surface area contributed by atoms with Crippen LogP contribution in [0.4, 0.5) is 0 Å². The molecule has 0 spiro atoms. The number of likely N-dealkylation sites (tertiary alicyclic amines) is 1. The minimum Gasteiger partial charge on any atom is -0.345 e. The van der Waals surface area contributed by atoms with Crippen molar-refractivity contribution >= 4 is 21.8 Å². The van der Waals surface area contributed by atoms with Gasteiger partial charge in [-0.25, -0.2) is 0 Å². The van der Waals surface area contributed by atoms with Gasteiger partial charge in [-0.1, -0.05) is 6.92 Å². The SMILES string of the molecule is CCC1C2CNCC2CN1C(=O)c1cc(Br)cn1C. The summed E-state index contributed by atoms with van der Waals surface area (Å²) >= 11 is 3.44. The van der Waals surface area contributed by atoms with E-state index >= 15 is 0 Å². The molecule has 3 heterocycles. The summed E-state index contributed by atoms with van der Waals surface area (Å²) < 4.78 is 2.87. The highest BCUT2D eigenvalue weighted by Gasteiger charge is 2.45. The largest absolute Gasteiger partial charge is 0.345 e. The summed E-state index contributed by atoms with van der Waals surface area (Å²) in [4.78, 5) is 14.8. The Kier molecular flexibility index (Phi) is 3.43. The molecule has 1 amide bonds. The molecular formula is C14H20BrN3O. The molecular weight excluding hydrogens is 306 g/mol. The molecule has 2 aliphatic heterocycles. The maximum Gasteiger partial charge on any atom is 0.270 e. The zero-order valence-corrected chi connectivity index (χ0v) is 13.0. The molecule has 0 aromatic carbocycles. The van der Waals surface area contributed by atoms with Crippen molar-refractivity contribution in [1.82, 2.24) is 14.8 Å². The number of amides is 1. The molecule has 0 bridgehead atoms. The highest BCUT2D eigenvalue weighted by molar-refractivity contribution is 9.10. The lowest BCUT2D eigenvalue weighted by molar-refractivity contribution is 0.0702. The van der Waals surface area contributed by atoms with Crippen LogP contribution in [0.2, 0.25) is 0 Å². The molecule has 2 aliphatic rings. The molecule has 2 saturated heterocycles. The fourth-order valence-corrected chi connectivity index (χ4v) is 4.19. The van der Waals surface area contributed by atoms with E-state index in [2.05, 4.69) is 33.1 Å². The Morgan fingerprint density at radius 2 is 2.32 bits per heavy atom. The molecule has 5 heteroatoms. The van der Waals surface area contributed by atoms with Gasteiger partial charge in [0.25, 0.3) is 5.91 Å². The summed E-state index contributed by atoms with van der Waals surface area (Å²) in [6.45, 7) is 5.20. The van der Waals surface area contributed by atoms with Crippen LogP contribution >= 0.6 is 15.9 Å². The van der Waals surface area contributed by atoms with Crippen molar-refractivity contribution in [1.29, 1.82) is 0 Å². The standard InChI is InChI=1S/C14H20BrN3O/c1-3-12-11-6-16-5-9(11)7-18(12)14(19)13-4-10(15)8-17(13)2/h4,8-9,11-12,16H,3,5-7H2,1-2H3. The minimum atomic E-state index is 0.175. The Morgan fingerprint density at radius 1 is 1.53 bits per heavy atom. The number of aryl methyl sites for hydroxylation is 1. The predicted octanol–water partition coefficient (Wildman–Crippen LogP) is 1.86. The normalized spacial score (nSPS) is 29.8. The van der Waals surface area contributed by atoms with Gasteiger partial charge in [0.15, 0.2) is 0 Å². The van der Waals surface area contributed by atoms with E-state index in [9.17, 15) is 4.79 Å². The van der Waals surface area contributed by atoms with E-state index in [-0.39, 0.29) is 5.91 Å². The van der Waals surface area contributed by atoms with Gasteiger partial charge in [-0.05, 0) is 40.3 Å². The minimum absolute atomic E-state index is 0.175. The maximum atomic E-state index is 12.7. The second-order valence-corrected chi connectivity index (χ2v) is 6.59. The van der Waals surface area contributed by atoms with E-state index < -0.39 is 0 Å². The Morgan fingerprint density at radius 3 is 2.95 bits per heavy atom. The smallest absolute Gasteiger partial charge is 0.270 e. The van der Waals surface area contributed by atoms with Crippen LogP contribution in [-0.4, -0.2) is 41.1 Å². The van der Waals surface area contributed by atoms with Gasteiger partial charge in [0, 0.05) is 43.4 Å². The number of nitrogens with zero attached hydrogens (tertiary/aromatic N) is 2. The van der Waals surface area contributed by atoms with Crippen LogP contribution in [0.15, 0.2) is 16.7 Å². The van der Waals surface area contributed by atoms with Gasteiger partial charge in [-0.15, -0.1) is 0 Å². The number of halogens is 1. The van der Waals surface area contributed by atoms with Crippen LogP contribution in [-0.2, 0) is 7.05 Å². The van der Waals surface area contributed by atoms with E-state index in [1.54, 1.807) is 0 Å². The summed E-state index contributed by atoms with van der Waals surface area (Å²) in [5.74, 6) is 1.45. The molecule has 0 radical (unpaired) electrons. The Bertz CT molecular complexity index is 499. The fourth-order valence-electron chi connectivity index (χ4n) is 3.66. The Hall–Kier alpha value is -0.810. The van der Waals surface area contributed by atoms with Crippen molar-refractivity contribution in [2.75, 3.05) is 19.6 Å². The first-order valence-corrected chi connectivity index (χ1v) is 7.74. The van der Waals surface area contributed by atoms with Gasteiger partial charge in [0.2, 0.25) is 0 Å². The van der Waals surface area contributed by atoms with Crippen LogP contribution in [0, 0.1) is 11.8 Å². The van der Waals surface area contributed by atoms with Crippen LogP contribution in [0.5, 0.6) is 0 Å². The summed E-state index contributed by atoms with van der Waals surface area (Å²) in [5, 5.41) is 3.45. The number of carbonyl (C=O) groups excluding carboxylic acids is 1. The molecule has 1 aromatic rings. The molecule has 1 N–H and O–H groups in total. The molecule has 19 heavy (non-hydrogen) atoms. The lowest BCUT2D eigenvalue weighted by atomic mass is 9.93. The molecule has 0 aliphatic carbocycles. The summed E-state index contributed by atoms with van der Waals surface area (Å²) in [7, 11) is 1.93. The van der Waals surface area contributed by atoms with Crippen molar-refractivity contribution in [3.8, 4) is 0 Å². The lowest BCUT2D eigenvalue weighted by Crippen LogP contribution is -2.40. The van der Waals surface area contributed by atoms with Crippen LogP contribution < -0.4 is 5.32 Å². The number of hydrogen-bond donors (Lipinski definition) is 1. The van der Waals surface area contributed by atoms with Gasteiger partial charge in [-0.2, -0.15) is 0 Å². The maximum absolute atomic E-state index is 12.7. The lowest BCUT2D eigenvalue weighted by Gasteiger charge is -2.27. The molecule has 104 valence electrons. The second kappa shape index (κ2) is 4.94. The average molecular weight is 326 g/mol. The van der Waals surface area contributed by atoms with Gasteiger partial charge >= 0.3 is 0 Å². The van der Waals surface area contributed by atoms with E-state index in [0.29, 0.717) is 17.9 Å². The molecule has 3 atom stereocenters. The third kappa shape index (κ3) is 2.13. The third-order valence-electron chi connectivity index (χ3n) is 4.59. The first kappa shape index (κ1) is 13.2. The van der Waals surface area contributed by atoms with Gasteiger partial charge in [-0.3, -0.25) is 4.79 Å². The zero-order chi connectivity index (χ0) is 13.6. The van der Waals surface area contributed by atoms with Crippen LogP contribution in [0.1, 0.15) is 23.8 Å². The zero-order valence-electron chi connectivity index (χ0n) is 11.4. The van der Waals surface area contributed by atoms with E-state index in [0.717, 1.165) is 36.2 Å². The highest BCUT2D eigenvalue weighted by Crippen LogP contribution is 2.35. The molecule has 3 rings (SSSR count). The van der Waals surface area contributed by atoms with E-state index in [1.165, 1.54) is 0 Å². The number of hydrogen-bond acceptors (Lipinski definition) is 2. The predicted molar refractivity (Wildman–Crippen MR) is 78.1 cm³/mol. The monoisotopic (exact) mass is 325 g/mol. The van der Waals surface area contributed by atoms with Gasteiger partial charge in [0.05, 0.1) is 0 Å². The van der Waals surface area contributed by atoms with Crippen LogP contribution in [0.3, 0.4) is 0 Å². The van der Waals surface area contributed by atoms with Gasteiger partial charge in [0.1, 0.15) is 5.69 Å². The summed E-state index contributed by atoms with van der Waals surface area (Å²) in [6, 6.07) is 2.31. The summed E-state index contributed by atoms with van der Waals surface area (Å²) in [6.07, 6.45) is 2.98. The Balaban J connectivity index is 1.85. The van der Waals surface area contributed by atoms with E-state index in [1.807, 2.05) is 23.9 Å².